The Kier molecular flexibility index (Phi) is 39.3. The molecule has 0 rings (SSSR count). The van der Waals surface area contributed by atoms with Gasteiger partial charge >= 0.3 is 5.97 Å². The summed E-state index contributed by atoms with van der Waals surface area (Å²) >= 11 is 0. The first kappa shape index (κ1) is 49.1. The monoisotopic (exact) mass is 718 g/mol. The van der Waals surface area contributed by atoms with Gasteiger partial charge in [-0.1, -0.05) is 159 Å². The van der Waals surface area contributed by atoms with Crippen LogP contribution in [0.4, 0.5) is 0 Å². The van der Waals surface area contributed by atoms with Crippen molar-refractivity contribution in [2.75, 3.05) is 13.2 Å². The summed E-state index contributed by atoms with van der Waals surface area (Å²) in [6, 6.07) is -0.566. The smallest absolute Gasteiger partial charge is 0.305 e. The molecule has 0 aliphatic heterocycles. The first-order valence-electron chi connectivity index (χ1n) is 21.7. The van der Waals surface area contributed by atoms with Crippen molar-refractivity contribution in [3.8, 4) is 0 Å². The summed E-state index contributed by atoms with van der Waals surface area (Å²) < 4.78 is 5.40. The number of unbranched alkanes of at least 4 members (excludes halogenated alkanes) is 22. The highest BCUT2D eigenvalue weighted by Gasteiger charge is 2.20. The van der Waals surface area contributed by atoms with E-state index in [0.717, 1.165) is 89.9 Å². The highest BCUT2D eigenvalue weighted by molar-refractivity contribution is 5.76. The molecule has 0 spiro atoms. The number of carbonyl (C=O) groups is 2. The van der Waals surface area contributed by atoms with Crippen LogP contribution in [0.1, 0.15) is 213 Å². The number of hydrogen-bond donors (Lipinski definition) is 3. The predicted octanol–water partition coefficient (Wildman–Crippen LogP) is 12.2. The Morgan fingerprint density at radius 1 is 0.549 bits per heavy atom. The number of nitrogens with one attached hydrogen (secondary N) is 1. The molecule has 0 aromatic rings. The molecule has 51 heavy (non-hydrogen) atoms. The Balaban J connectivity index is 3.57. The summed E-state index contributed by atoms with van der Waals surface area (Å²) in [6.07, 6.45) is 46.7. The van der Waals surface area contributed by atoms with E-state index in [2.05, 4.69) is 55.6 Å². The molecular weight excluding hydrogens is 634 g/mol. The Morgan fingerprint density at radius 3 is 1.59 bits per heavy atom. The first-order valence-corrected chi connectivity index (χ1v) is 21.7. The Labute approximate surface area is 315 Å². The van der Waals surface area contributed by atoms with Crippen molar-refractivity contribution < 1.29 is 24.5 Å². The second kappa shape index (κ2) is 40.8. The molecule has 0 aromatic heterocycles. The van der Waals surface area contributed by atoms with E-state index >= 15 is 0 Å². The van der Waals surface area contributed by atoms with Crippen molar-refractivity contribution in [3.63, 3.8) is 0 Å². The van der Waals surface area contributed by atoms with Gasteiger partial charge in [-0.15, -0.1) is 0 Å². The third-order valence-electron chi connectivity index (χ3n) is 9.64. The van der Waals surface area contributed by atoms with Gasteiger partial charge in [0.05, 0.1) is 25.4 Å². The van der Waals surface area contributed by atoms with Gasteiger partial charge in [-0.3, -0.25) is 9.59 Å². The average Bonchev–Trinajstić information content (AvgIpc) is 3.13. The van der Waals surface area contributed by atoms with Gasteiger partial charge in [0, 0.05) is 12.8 Å². The van der Waals surface area contributed by atoms with Crippen LogP contribution in [0.15, 0.2) is 36.5 Å². The molecule has 0 heterocycles. The van der Waals surface area contributed by atoms with Crippen LogP contribution in [-0.2, 0) is 14.3 Å². The lowest BCUT2D eigenvalue weighted by Crippen LogP contribution is -2.45. The number of hydrogen-bond acceptors (Lipinski definition) is 5. The van der Waals surface area contributed by atoms with E-state index in [1.54, 1.807) is 0 Å². The molecule has 0 bridgehead atoms. The minimum Gasteiger partial charge on any atom is -0.466 e. The SMILES string of the molecule is CCC/C=C\C/C=C\CCCCCCCC(=O)OCCCC/C=C\CCCCCCC(=O)NC(CO)C(O)CCCCCCCCCCCCC. The van der Waals surface area contributed by atoms with Crippen molar-refractivity contribution in [1.82, 2.24) is 5.32 Å². The Bertz CT molecular complexity index is 838. The highest BCUT2D eigenvalue weighted by Crippen LogP contribution is 2.14. The van der Waals surface area contributed by atoms with Crippen LogP contribution in [0, 0.1) is 0 Å². The largest absolute Gasteiger partial charge is 0.466 e. The van der Waals surface area contributed by atoms with Gasteiger partial charge in [0.2, 0.25) is 5.91 Å². The van der Waals surface area contributed by atoms with Gasteiger partial charge in [0.25, 0.3) is 0 Å². The van der Waals surface area contributed by atoms with Gasteiger partial charge in [-0.25, -0.2) is 0 Å². The molecule has 298 valence electrons. The molecule has 1 amide bonds. The third kappa shape index (κ3) is 37.6. The summed E-state index contributed by atoms with van der Waals surface area (Å²) in [5.74, 6) is -0.128. The fraction of sp³-hybridized carbons (Fsp3) is 0.822. The van der Waals surface area contributed by atoms with Crippen LogP contribution < -0.4 is 5.32 Å². The quantitative estimate of drug-likeness (QED) is 0.0334. The normalized spacial score (nSPS) is 13.1. The topological polar surface area (TPSA) is 95.9 Å². The lowest BCUT2D eigenvalue weighted by atomic mass is 10.0. The number of carbonyl (C=O) groups excluding carboxylic acids is 2. The lowest BCUT2D eigenvalue weighted by molar-refractivity contribution is -0.143. The molecule has 0 aliphatic carbocycles. The standard InChI is InChI=1S/C45H83NO5/c1-3-5-7-9-11-13-15-16-18-23-27-31-35-39-45(50)51-40-36-32-28-24-20-19-22-26-30-34-38-44(49)46-42(41-47)43(48)37-33-29-25-21-17-14-12-10-8-6-4-2/h7,9,13,15,20,24,42-43,47-48H,3-6,8,10-12,14,16-19,21-23,25-41H2,1-2H3,(H,46,49)/b9-7-,15-13-,24-20-. The van der Waals surface area contributed by atoms with E-state index in [-0.39, 0.29) is 18.5 Å². The van der Waals surface area contributed by atoms with Gasteiger partial charge in [0.1, 0.15) is 0 Å². The van der Waals surface area contributed by atoms with E-state index in [1.807, 2.05) is 0 Å². The van der Waals surface area contributed by atoms with Gasteiger partial charge in [0.15, 0.2) is 0 Å². The second-order valence-corrected chi connectivity index (χ2v) is 14.7. The molecule has 0 fully saturated rings. The van der Waals surface area contributed by atoms with E-state index < -0.39 is 12.1 Å². The molecule has 6 heteroatoms. The first-order chi connectivity index (χ1) is 25.0. The molecule has 0 radical (unpaired) electrons. The number of aliphatic hydroxyl groups excluding tert-OH is 2. The second-order valence-electron chi connectivity index (χ2n) is 14.7. The van der Waals surface area contributed by atoms with Crippen molar-refractivity contribution in [3.05, 3.63) is 36.5 Å². The van der Waals surface area contributed by atoms with Crippen molar-refractivity contribution >= 4 is 11.9 Å². The Hall–Kier alpha value is -1.92. The summed E-state index contributed by atoms with van der Waals surface area (Å²) in [5.41, 5.74) is 0. The average molecular weight is 718 g/mol. The zero-order valence-electron chi connectivity index (χ0n) is 33.6. The lowest BCUT2D eigenvalue weighted by Gasteiger charge is -2.22. The van der Waals surface area contributed by atoms with Crippen molar-refractivity contribution in [1.29, 1.82) is 0 Å². The van der Waals surface area contributed by atoms with Crippen molar-refractivity contribution in [2.45, 2.75) is 225 Å². The highest BCUT2D eigenvalue weighted by atomic mass is 16.5. The van der Waals surface area contributed by atoms with Crippen LogP contribution >= 0.6 is 0 Å². The number of allylic oxidation sites excluding steroid dienone is 6. The number of esters is 1. The molecule has 6 nitrogen and oxygen atoms in total. The van der Waals surface area contributed by atoms with Crippen LogP contribution in [0.2, 0.25) is 0 Å². The molecule has 2 atom stereocenters. The van der Waals surface area contributed by atoms with E-state index in [9.17, 15) is 19.8 Å². The molecule has 0 saturated carbocycles. The number of ether oxygens (including phenoxy) is 1. The molecule has 0 saturated heterocycles. The van der Waals surface area contributed by atoms with Crippen LogP contribution in [-0.4, -0.2) is 47.4 Å². The van der Waals surface area contributed by atoms with Crippen molar-refractivity contribution in [2.24, 2.45) is 0 Å². The van der Waals surface area contributed by atoms with Crippen LogP contribution in [0.3, 0.4) is 0 Å². The van der Waals surface area contributed by atoms with Gasteiger partial charge < -0.3 is 20.3 Å². The maximum atomic E-state index is 12.4. The fourth-order valence-corrected chi connectivity index (χ4v) is 6.26. The summed E-state index contributed by atoms with van der Waals surface area (Å²) in [6.45, 7) is 4.76. The van der Waals surface area contributed by atoms with Crippen LogP contribution in [0.5, 0.6) is 0 Å². The minimum atomic E-state index is -0.685. The maximum absolute atomic E-state index is 12.4. The maximum Gasteiger partial charge on any atom is 0.305 e. The Morgan fingerprint density at radius 2 is 1.02 bits per heavy atom. The predicted molar refractivity (Wildman–Crippen MR) is 218 cm³/mol. The van der Waals surface area contributed by atoms with Gasteiger partial charge in [-0.05, 0) is 77.0 Å². The van der Waals surface area contributed by atoms with Gasteiger partial charge in [-0.2, -0.15) is 0 Å². The summed E-state index contributed by atoms with van der Waals surface area (Å²) in [7, 11) is 0. The number of rotatable bonds is 39. The van der Waals surface area contributed by atoms with E-state index in [4.69, 9.17) is 4.74 Å². The number of aliphatic hydroxyl groups is 2. The molecular formula is C45H83NO5. The minimum absolute atomic E-state index is 0.0531. The molecule has 0 aliphatic rings. The summed E-state index contributed by atoms with van der Waals surface area (Å²) in [4.78, 5) is 24.3. The zero-order chi connectivity index (χ0) is 37.3. The van der Waals surface area contributed by atoms with E-state index in [0.29, 0.717) is 25.9 Å². The summed E-state index contributed by atoms with van der Waals surface area (Å²) in [5, 5.41) is 23.0. The zero-order valence-corrected chi connectivity index (χ0v) is 33.6. The van der Waals surface area contributed by atoms with E-state index in [1.165, 1.54) is 89.9 Å². The molecule has 3 N–H and O–H groups in total. The number of amides is 1. The molecule has 0 aromatic carbocycles. The fourth-order valence-electron chi connectivity index (χ4n) is 6.26. The van der Waals surface area contributed by atoms with Crippen LogP contribution in [0.25, 0.3) is 0 Å². The molecule has 2 unspecified atom stereocenters. The third-order valence-corrected chi connectivity index (χ3v) is 9.64.